The van der Waals surface area contributed by atoms with E-state index in [1.54, 1.807) is 0 Å². The number of non-ortho nitro benzene ring substituents is 1. The molecule has 0 aromatic heterocycles. The Hall–Kier alpha value is -2.84. The molecule has 0 aliphatic heterocycles. The van der Waals surface area contributed by atoms with E-state index in [1.807, 2.05) is 0 Å². The molecule has 0 radical (unpaired) electrons. The van der Waals surface area contributed by atoms with Gasteiger partial charge in [-0.25, -0.2) is 8.42 Å². The van der Waals surface area contributed by atoms with Gasteiger partial charge in [-0.2, -0.15) is 13.2 Å². The Morgan fingerprint density at radius 3 is 1.57 bits per heavy atom. The van der Waals surface area contributed by atoms with Crippen LogP contribution in [0.15, 0.2) is 12.1 Å². The molecule has 1 aromatic rings. The minimum Gasteiger partial charge on any atom is -0.258 e. The Kier molecular flexibility index (Phi) is 4.55. The minimum atomic E-state index is -5.97. The van der Waals surface area contributed by atoms with Crippen LogP contribution in [0, 0.1) is 30.3 Å². The normalized spacial score (nSPS) is 12.0. The number of nitro groups is 3. The number of hydrogen-bond acceptors (Lipinski definition) is 8. The van der Waals surface area contributed by atoms with Gasteiger partial charge < -0.3 is 0 Å². The summed E-state index contributed by atoms with van der Waals surface area (Å²) in [6, 6.07) is 0.294. The predicted molar refractivity (Wildman–Crippen MR) is 65.1 cm³/mol. The van der Waals surface area contributed by atoms with E-state index in [2.05, 4.69) is 0 Å². The molecule has 23 heavy (non-hydrogen) atoms. The monoisotopic (exact) mass is 359 g/mol. The third-order valence-corrected chi connectivity index (χ3v) is 3.85. The van der Waals surface area contributed by atoms with Crippen molar-refractivity contribution in [3.05, 3.63) is 48.0 Å². The number of benzene rings is 1. The average Bonchev–Trinajstić information content (AvgIpc) is 2.35. The molecular formula is C8H4F3N3O8S. The van der Waals surface area contributed by atoms with Crippen LogP contribution >= 0.6 is 0 Å². The third kappa shape index (κ3) is 3.68. The molecule has 0 N–H and O–H groups in total. The average molecular weight is 359 g/mol. The van der Waals surface area contributed by atoms with Crippen molar-refractivity contribution in [2.75, 3.05) is 0 Å². The maximum atomic E-state index is 12.4. The number of alkyl halides is 3. The van der Waals surface area contributed by atoms with Gasteiger partial charge in [-0.1, -0.05) is 0 Å². The maximum Gasteiger partial charge on any atom is 0.497 e. The van der Waals surface area contributed by atoms with Gasteiger partial charge in [-0.15, -0.1) is 0 Å². The summed E-state index contributed by atoms with van der Waals surface area (Å²) in [4.78, 5) is 28.0. The summed E-state index contributed by atoms with van der Waals surface area (Å²) in [6.07, 6.45) is 0. The van der Waals surface area contributed by atoms with Crippen LogP contribution in [-0.2, 0) is 15.6 Å². The van der Waals surface area contributed by atoms with Crippen LogP contribution in [0.25, 0.3) is 0 Å². The van der Waals surface area contributed by atoms with Gasteiger partial charge in [0.15, 0.2) is 0 Å². The molecule has 0 saturated heterocycles. The molecular weight excluding hydrogens is 355 g/mol. The van der Waals surface area contributed by atoms with Gasteiger partial charge in [-0.05, 0) is 0 Å². The first-order valence-corrected chi connectivity index (χ1v) is 6.82. The zero-order valence-corrected chi connectivity index (χ0v) is 11.3. The van der Waals surface area contributed by atoms with E-state index >= 15 is 0 Å². The lowest BCUT2D eigenvalue weighted by atomic mass is 10.1. The number of hydrogen-bond donors (Lipinski definition) is 0. The highest BCUT2D eigenvalue weighted by Crippen LogP contribution is 2.37. The van der Waals surface area contributed by atoms with Crippen molar-refractivity contribution in [1.82, 2.24) is 0 Å². The number of rotatable bonds is 5. The molecule has 126 valence electrons. The van der Waals surface area contributed by atoms with E-state index in [1.165, 1.54) is 0 Å². The van der Waals surface area contributed by atoms with Crippen LogP contribution in [0.1, 0.15) is 5.56 Å². The SMILES string of the molecule is O=[N+]([O-])c1cc([N+](=O)[O-])c(CS(=O)(=O)C(F)(F)F)c([N+](=O)[O-])c1. The Balaban J connectivity index is 3.73. The number of nitro benzene ring substituents is 3. The van der Waals surface area contributed by atoms with Gasteiger partial charge in [0.1, 0.15) is 5.56 Å². The van der Waals surface area contributed by atoms with E-state index in [9.17, 15) is 51.9 Å². The van der Waals surface area contributed by atoms with Gasteiger partial charge in [0, 0.05) is 0 Å². The molecule has 0 spiro atoms. The Bertz CT molecular complexity index is 768. The topological polar surface area (TPSA) is 164 Å². The second-order valence-corrected chi connectivity index (χ2v) is 5.92. The molecule has 0 aliphatic rings. The fourth-order valence-electron chi connectivity index (χ4n) is 1.48. The second kappa shape index (κ2) is 5.75. The van der Waals surface area contributed by atoms with Crippen molar-refractivity contribution in [2.45, 2.75) is 11.3 Å². The lowest BCUT2D eigenvalue weighted by Crippen LogP contribution is -2.25. The summed E-state index contributed by atoms with van der Waals surface area (Å²) in [7, 11) is -5.97. The van der Waals surface area contributed by atoms with Crippen molar-refractivity contribution in [2.24, 2.45) is 0 Å². The van der Waals surface area contributed by atoms with Crippen LogP contribution in [0.5, 0.6) is 0 Å². The number of halogens is 3. The molecule has 0 amide bonds. The second-order valence-electron chi connectivity index (χ2n) is 3.94. The third-order valence-electron chi connectivity index (χ3n) is 2.48. The molecule has 0 atom stereocenters. The Morgan fingerprint density at radius 1 is 0.913 bits per heavy atom. The molecule has 0 saturated carbocycles. The molecule has 15 heteroatoms. The summed E-state index contributed by atoms with van der Waals surface area (Å²) < 4.78 is 59.2. The highest BCUT2D eigenvalue weighted by Gasteiger charge is 2.48. The fraction of sp³-hybridized carbons (Fsp3) is 0.250. The maximum absolute atomic E-state index is 12.4. The van der Waals surface area contributed by atoms with Crippen LogP contribution in [-0.4, -0.2) is 28.7 Å². The van der Waals surface area contributed by atoms with E-state index < -0.39 is 58.5 Å². The molecule has 0 aliphatic carbocycles. The van der Waals surface area contributed by atoms with Crippen molar-refractivity contribution in [3.8, 4) is 0 Å². The summed E-state index contributed by atoms with van der Waals surface area (Å²) in [6.45, 7) is 0. The summed E-state index contributed by atoms with van der Waals surface area (Å²) in [5, 5.41) is 32.2. The molecule has 1 rings (SSSR count). The summed E-state index contributed by atoms with van der Waals surface area (Å²) >= 11 is 0. The van der Waals surface area contributed by atoms with Gasteiger partial charge >= 0.3 is 5.51 Å². The first-order chi connectivity index (χ1) is 10.3. The highest BCUT2D eigenvalue weighted by atomic mass is 32.2. The quantitative estimate of drug-likeness (QED) is 0.567. The molecule has 1 aromatic carbocycles. The van der Waals surface area contributed by atoms with E-state index in [-0.39, 0.29) is 12.1 Å². The first-order valence-electron chi connectivity index (χ1n) is 5.17. The molecule has 0 unspecified atom stereocenters. The first kappa shape index (κ1) is 18.2. The molecule has 0 bridgehead atoms. The van der Waals surface area contributed by atoms with Crippen molar-refractivity contribution in [3.63, 3.8) is 0 Å². The fourth-order valence-corrected chi connectivity index (χ4v) is 2.32. The van der Waals surface area contributed by atoms with Gasteiger partial charge in [0.25, 0.3) is 26.9 Å². The van der Waals surface area contributed by atoms with Gasteiger partial charge in [-0.3, -0.25) is 30.3 Å². The Labute approximate surface area is 123 Å². The zero-order valence-electron chi connectivity index (χ0n) is 10.5. The van der Waals surface area contributed by atoms with Crippen LogP contribution in [0.3, 0.4) is 0 Å². The van der Waals surface area contributed by atoms with Crippen molar-refractivity contribution in [1.29, 1.82) is 0 Å². The van der Waals surface area contributed by atoms with Gasteiger partial charge in [0.05, 0.1) is 32.7 Å². The standard InChI is InChI=1S/C8H4F3N3O8S/c9-8(10,11)23(21,22)3-5-6(13(17)18)1-4(12(15)16)2-7(5)14(19)20/h1-2H,3H2. The van der Waals surface area contributed by atoms with Gasteiger partial charge in [0.2, 0.25) is 0 Å². The molecule has 0 heterocycles. The molecule has 0 fully saturated rings. The van der Waals surface area contributed by atoms with E-state index in [4.69, 9.17) is 0 Å². The summed E-state index contributed by atoms with van der Waals surface area (Å²) in [5.41, 5.74) is -11.3. The van der Waals surface area contributed by atoms with E-state index in [0.717, 1.165) is 0 Å². The minimum absolute atomic E-state index is 0.147. The highest BCUT2D eigenvalue weighted by molar-refractivity contribution is 7.91. The van der Waals surface area contributed by atoms with Crippen molar-refractivity contribution < 1.29 is 36.4 Å². The summed E-state index contributed by atoms with van der Waals surface area (Å²) in [5.74, 6) is -2.10. The predicted octanol–water partition coefficient (Wildman–Crippen LogP) is 1.85. The lowest BCUT2D eigenvalue weighted by Gasteiger charge is -2.08. The number of sulfone groups is 1. The molecule has 11 nitrogen and oxygen atoms in total. The van der Waals surface area contributed by atoms with Crippen LogP contribution < -0.4 is 0 Å². The largest absolute Gasteiger partial charge is 0.497 e. The zero-order chi connectivity index (χ0) is 18.2. The van der Waals surface area contributed by atoms with Crippen molar-refractivity contribution >= 4 is 26.9 Å². The number of nitrogens with zero attached hydrogens (tertiary/aromatic N) is 3. The smallest absolute Gasteiger partial charge is 0.258 e. The van der Waals surface area contributed by atoms with E-state index in [0.29, 0.717) is 0 Å². The van der Waals surface area contributed by atoms with Crippen LogP contribution in [0.2, 0.25) is 0 Å². The van der Waals surface area contributed by atoms with Crippen LogP contribution in [0.4, 0.5) is 30.2 Å². The Morgan fingerprint density at radius 2 is 1.30 bits per heavy atom. The lowest BCUT2D eigenvalue weighted by molar-refractivity contribution is -0.404.